The zero-order valence-corrected chi connectivity index (χ0v) is 17.5. The first-order valence-electron chi connectivity index (χ1n) is 10.3. The number of anilines is 2. The number of aryl methyl sites for hydroxylation is 3. The molecular formula is C22H31N5O. The number of para-hydroxylation sites is 1. The van der Waals surface area contributed by atoms with Crippen molar-refractivity contribution in [3.63, 3.8) is 0 Å². The molecule has 2 aliphatic rings. The Balaban J connectivity index is 0.00000109. The third-order valence-corrected chi connectivity index (χ3v) is 5.18. The van der Waals surface area contributed by atoms with Gasteiger partial charge in [0.25, 0.3) is 0 Å². The highest BCUT2D eigenvalue weighted by Crippen LogP contribution is 2.28. The molecule has 28 heavy (non-hydrogen) atoms. The monoisotopic (exact) mass is 381 g/mol. The molecule has 0 spiro atoms. The van der Waals surface area contributed by atoms with E-state index in [1.165, 1.54) is 5.56 Å². The first kappa shape index (κ1) is 20.3. The number of carbonyl (C=O) groups is 1. The smallest absolute Gasteiger partial charge is 0.228 e. The van der Waals surface area contributed by atoms with Gasteiger partial charge in [0.2, 0.25) is 5.91 Å². The standard InChI is InChI=1S/C20H25N5O.C2H6/c1-15-13-19(22-16(2)21-15)24-11-9-23(10-12-24)14-25-18-6-4-3-5-17(18)7-8-20(25)26;1-2/h3-6,13H,7-12,14H2,1-2H3;1-2H3. The SMILES string of the molecule is CC.Cc1cc(N2CCN(CN3C(=O)CCc4ccccc43)CC2)nc(C)n1. The van der Waals surface area contributed by atoms with Crippen LogP contribution in [0.3, 0.4) is 0 Å². The summed E-state index contributed by atoms with van der Waals surface area (Å²) in [7, 11) is 0. The lowest BCUT2D eigenvalue weighted by molar-refractivity contribution is -0.119. The number of fused-ring (bicyclic) bond motifs is 1. The topological polar surface area (TPSA) is 52.6 Å². The van der Waals surface area contributed by atoms with Crippen LogP contribution in [-0.4, -0.2) is 53.6 Å². The van der Waals surface area contributed by atoms with Gasteiger partial charge < -0.3 is 4.90 Å². The predicted octanol–water partition coefficient (Wildman–Crippen LogP) is 3.18. The lowest BCUT2D eigenvalue weighted by Crippen LogP contribution is -2.52. The van der Waals surface area contributed by atoms with Crippen molar-refractivity contribution in [3.05, 3.63) is 47.4 Å². The van der Waals surface area contributed by atoms with Gasteiger partial charge in [-0.2, -0.15) is 0 Å². The first-order valence-corrected chi connectivity index (χ1v) is 10.3. The highest BCUT2D eigenvalue weighted by molar-refractivity contribution is 5.96. The summed E-state index contributed by atoms with van der Waals surface area (Å²) in [4.78, 5) is 28.0. The summed E-state index contributed by atoms with van der Waals surface area (Å²) in [6.45, 7) is 12.3. The second-order valence-electron chi connectivity index (χ2n) is 7.11. The van der Waals surface area contributed by atoms with E-state index in [4.69, 9.17) is 0 Å². The molecule has 0 saturated carbocycles. The Hall–Kier alpha value is -2.47. The van der Waals surface area contributed by atoms with E-state index in [1.807, 2.05) is 44.7 Å². The first-order chi connectivity index (χ1) is 13.6. The minimum absolute atomic E-state index is 0.230. The molecule has 0 N–H and O–H groups in total. The molecule has 0 aliphatic carbocycles. The van der Waals surface area contributed by atoms with Crippen LogP contribution in [0.15, 0.2) is 30.3 Å². The summed E-state index contributed by atoms with van der Waals surface area (Å²) in [6, 6.07) is 10.3. The minimum atomic E-state index is 0.230. The molecule has 0 atom stereocenters. The van der Waals surface area contributed by atoms with E-state index in [0.717, 1.165) is 55.6 Å². The van der Waals surface area contributed by atoms with Gasteiger partial charge in [-0.3, -0.25) is 14.6 Å². The molecule has 1 fully saturated rings. The highest BCUT2D eigenvalue weighted by atomic mass is 16.2. The van der Waals surface area contributed by atoms with Crippen LogP contribution in [0, 0.1) is 13.8 Å². The molecule has 1 saturated heterocycles. The summed E-state index contributed by atoms with van der Waals surface area (Å²) >= 11 is 0. The Morgan fingerprint density at radius 3 is 2.39 bits per heavy atom. The van der Waals surface area contributed by atoms with Gasteiger partial charge in [0.1, 0.15) is 11.6 Å². The summed E-state index contributed by atoms with van der Waals surface area (Å²) in [5, 5.41) is 0. The van der Waals surface area contributed by atoms with Crippen molar-refractivity contribution in [1.29, 1.82) is 0 Å². The number of hydrogen-bond acceptors (Lipinski definition) is 5. The maximum absolute atomic E-state index is 12.5. The quantitative estimate of drug-likeness (QED) is 0.817. The molecule has 0 radical (unpaired) electrons. The van der Waals surface area contributed by atoms with Crippen molar-refractivity contribution >= 4 is 17.4 Å². The molecule has 1 aromatic carbocycles. The van der Waals surface area contributed by atoms with Crippen LogP contribution in [0.2, 0.25) is 0 Å². The lowest BCUT2D eigenvalue weighted by atomic mass is 10.0. The van der Waals surface area contributed by atoms with Gasteiger partial charge >= 0.3 is 0 Å². The van der Waals surface area contributed by atoms with Gasteiger partial charge in [-0.25, -0.2) is 9.97 Å². The molecule has 150 valence electrons. The van der Waals surface area contributed by atoms with Gasteiger partial charge in [0.15, 0.2) is 0 Å². The molecule has 3 heterocycles. The van der Waals surface area contributed by atoms with Crippen molar-refractivity contribution in [3.8, 4) is 0 Å². The molecular weight excluding hydrogens is 350 g/mol. The number of hydrogen-bond donors (Lipinski definition) is 0. The van der Waals surface area contributed by atoms with Crippen LogP contribution in [0.1, 0.15) is 37.4 Å². The van der Waals surface area contributed by atoms with Crippen LogP contribution in [0.25, 0.3) is 0 Å². The zero-order chi connectivity index (χ0) is 20.1. The van der Waals surface area contributed by atoms with E-state index in [-0.39, 0.29) is 5.91 Å². The summed E-state index contributed by atoms with van der Waals surface area (Å²) in [5.74, 6) is 2.06. The number of piperazine rings is 1. The molecule has 6 heteroatoms. The van der Waals surface area contributed by atoms with Crippen LogP contribution in [0.5, 0.6) is 0 Å². The van der Waals surface area contributed by atoms with Crippen molar-refractivity contribution in [2.24, 2.45) is 0 Å². The van der Waals surface area contributed by atoms with Crippen LogP contribution in [0.4, 0.5) is 11.5 Å². The fraction of sp³-hybridized carbons (Fsp3) is 0.500. The van der Waals surface area contributed by atoms with E-state index in [1.54, 1.807) is 0 Å². The van der Waals surface area contributed by atoms with Crippen LogP contribution >= 0.6 is 0 Å². The zero-order valence-electron chi connectivity index (χ0n) is 17.5. The number of carbonyl (C=O) groups excluding carboxylic acids is 1. The molecule has 2 aromatic rings. The van der Waals surface area contributed by atoms with E-state index < -0.39 is 0 Å². The number of aromatic nitrogens is 2. The van der Waals surface area contributed by atoms with Gasteiger partial charge in [0, 0.05) is 50.0 Å². The minimum Gasteiger partial charge on any atom is -0.354 e. The summed E-state index contributed by atoms with van der Waals surface area (Å²) in [6.07, 6.45) is 1.46. The summed E-state index contributed by atoms with van der Waals surface area (Å²) in [5.41, 5.74) is 3.36. The Kier molecular flexibility index (Phi) is 6.62. The Bertz CT molecular complexity index is 794. The second kappa shape index (κ2) is 9.15. The highest BCUT2D eigenvalue weighted by Gasteiger charge is 2.27. The van der Waals surface area contributed by atoms with E-state index in [9.17, 15) is 4.79 Å². The second-order valence-corrected chi connectivity index (χ2v) is 7.11. The fourth-order valence-corrected chi connectivity index (χ4v) is 3.83. The lowest BCUT2D eigenvalue weighted by Gasteiger charge is -2.39. The number of benzene rings is 1. The Labute approximate surface area is 168 Å². The van der Waals surface area contributed by atoms with Gasteiger partial charge in [0.05, 0.1) is 6.67 Å². The van der Waals surface area contributed by atoms with Gasteiger partial charge in [-0.15, -0.1) is 0 Å². The maximum Gasteiger partial charge on any atom is 0.228 e. The van der Waals surface area contributed by atoms with Crippen LogP contribution < -0.4 is 9.80 Å². The van der Waals surface area contributed by atoms with E-state index in [0.29, 0.717) is 13.1 Å². The van der Waals surface area contributed by atoms with Gasteiger partial charge in [-0.05, 0) is 31.9 Å². The average Bonchev–Trinajstić information content (AvgIpc) is 2.71. The average molecular weight is 382 g/mol. The van der Waals surface area contributed by atoms with Crippen molar-refractivity contribution in [1.82, 2.24) is 14.9 Å². The fourth-order valence-electron chi connectivity index (χ4n) is 3.83. The molecule has 1 amide bonds. The molecule has 1 aromatic heterocycles. The number of nitrogens with zero attached hydrogens (tertiary/aromatic N) is 5. The molecule has 6 nitrogen and oxygen atoms in total. The Morgan fingerprint density at radius 2 is 1.68 bits per heavy atom. The van der Waals surface area contributed by atoms with Gasteiger partial charge in [-0.1, -0.05) is 32.0 Å². The molecule has 4 rings (SSSR count). The maximum atomic E-state index is 12.5. The van der Waals surface area contributed by atoms with Crippen molar-refractivity contribution in [2.75, 3.05) is 42.6 Å². The number of rotatable bonds is 3. The Morgan fingerprint density at radius 1 is 0.964 bits per heavy atom. The normalized spacial score (nSPS) is 17.1. The van der Waals surface area contributed by atoms with Crippen LogP contribution in [-0.2, 0) is 11.2 Å². The number of amides is 1. The third kappa shape index (κ3) is 4.50. The van der Waals surface area contributed by atoms with E-state index in [2.05, 4.69) is 38.0 Å². The summed E-state index contributed by atoms with van der Waals surface area (Å²) < 4.78 is 0. The molecule has 0 unspecified atom stereocenters. The van der Waals surface area contributed by atoms with E-state index >= 15 is 0 Å². The molecule has 0 bridgehead atoms. The third-order valence-electron chi connectivity index (χ3n) is 5.18. The predicted molar refractivity (Wildman–Crippen MR) is 114 cm³/mol. The van der Waals surface area contributed by atoms with Crippen molar-refractivity contribution in [2.45, 2.75) is 40.5 Å². The van der Waals surface area contributed by atoms with Crippen molar-refractivity contribution < 1.29 is 4.79 Å². The molecule has 2 aliphatic heterocycles. The largest absolute Gasteiger partial charge is 0.354 e.